The van der Waals surface area contributed by atoms with E-state index in [9.17, 15) is 9.59 Å². The molecule has 0 saturated carbocycles. The summed E-state index contributed by atoms with van der Waals surface area (Å²) in [6, 6.07) is 0. The van der Waals surface area contributed by atoms with Gasteiger partial charge in [-0.05, 0) is 25.7 Å². The van der Waals surface area contributed by atoms with Gasteiger partial charge in [-0.1, -0.05) is 220 Å². The molecule has 4 heteroatoms. The molecule has 0 bridgehead atoms. The lowest BCUT2D eigenvalue weighted by atomic mass is 10.0. The lowest BCUT2D eigenvalue weighted by molar-refractivity contribution is -0.144. The van der Waals surface area contributed by atoms with E-state index in [1.54, 1.807) is 0 Å². The molecule has 0 aliphatic carbocycles. The van der Waals surface area contributed by atoms with E-state index in [2.05, 4.69) is 27.7 Å². The van der Waals surface area contributed by atoms with Crippen molar-refractivity contribution >= 4 is 11.9 Å². The first-order valence-electron chi connectivity index (χ1n) is 21.9. The molecule has 0 aromatic heterocycles. The van der Waals surface area contributed by atoms with Gasteiger partial charge in [0.15, 0.2) is 0 Å². The van der Waals surface area contributed by atoms with Crippen molar-refractivity contribution in [3.8, 4) is 0 Å². The van der Waals surface area contributed by atoms with Crippen molar-refractivity contribution in [2.24, 2.45) is 0 Å². The average molecular weight is 681 g/mol. The van der Waals surface area contributed by atoms with E-state index in [1.165, 1.54) is 180 Å². The van der Waals surface area contributed by atoms with Crippen molar-refractivity contribution in [3.63, 3.8) is 0 Å². The minimum atomic E-state index is -0.00172. The van der Waals surface area contributed by atoms with Crippen LogP contribution >= 0.6 is 0 Å². The molecule has 0 aromatic rings. The topological polar surface area (TPSA) is 52.6 Å². The van der Waals surface area contributed by atoms with Gasteiger partial charge in [0.05, 0.1) is 13.2 Å². The van der Waals surface area contributed by atoms with Gasteiger partial charge in [-0.15, -0.1) is 0 Å². The summed E-state index contributed by atoms with van der Waals surface area (Å²) in [5.74, 6) is -0.00344. The molecular formula is C44H88O4. The van der Waals surface area contributed by atoms with Gasteiger partial charge in [-0.25, -0.2) is 0 Å². The summed E-state index contributed by atoms with van der Waals surface area (Å²) in [7, 11) is 0. The fourth-order valence-electron chi connectivity index (χ4n) is 6.09. The van der Waals surface area contributed by atoms with Gasteiger partial charge in [-0.3, -0.25) is 9.59 Å². The van der Waals surface area contributed by atoms with E-state index < -0.39 is 0 Å². The Kier molecular flexibility index (Phi) is 46.9. The molecule has 0 rings (SSSR count). The zero-order valence-corrected chi connectivity index (χ0v) is 33.5. The van der Waals surface area contributed by atoms with E-state index in [0.29, 0.717) is 26.1 Å². The van der Waals surface area contributed by atoms with E-state index in [4.69, 9.17) is 9.47 Å². The largest absolute Gasteiger partial charge is 0.466 e. The third-order valence-electron chi connectivity index (χ3n) is 9.49. The molecule has 0 N–H and O–H groups in total. The highest BCUT2D eigenvalue weighted by molar-refractivity contribution is 5.69. The summed E-state index contributed by atoms with van der Waals surface area (Å²) >= 11 is 0. The molecule has 0 heterocycles. The Labute approximate surface area is 302 Å². The van der Waals surface area contributed by atoms with Gasteiger partial charge < -0.3 is 9.47 Å². The molecule has 0 saturated heterocycles. The van der Waals surface area contributed by atoms with Crippen molar-refractivity contribution in [2.75, 3.05) is 13.2 Å². The number of carbonyl (C=O) groups is 2. The third kappa shape index (κ3) is 47.1. The van der Waals surface area contributed by atoms with Gasteiger partial charge in [0.1, 0.15) is 0 Å². The maximum absolute atomic E-state index is 11.4. The number of rotatable bonds is 38. The predicted molar refractivity (Wildman–Crippen MR) is 211 cm³/mol. The second-order valence-corrected chi connectivity index (χ2v) is 14.5. The highest BCUT2D eigenvalue weighted by Crippen LogP contribution is 2.15. The van der Waals surface area contributed by atoms with Gasteiger partial charge >= 0.3 is 11.9 Å². The van der Waals surface area contributed by atoms with E-state index in [1.807, 2.05) is 0 Å². The zero-order chi connectivity index (χ0) is 35.4. The van der Waals surface area contributed by atoms with Crippen LogP contribution in [0.15, 0.2) is 0 Å². The van der Waals surface area contributed by atoms with Gasteiger partial charge in [0.25, 0.3) is 0 Å². The lowest BCUT2D eigenvalue weighted by Crippen LogP contribution is -2.05. The molecule has 0 unspecified atom stereocenters. The van der Waals surface area contributed by atoms with Crippen LogP contribution in [0, 0.1) is 0 Å². The van der Waals surface area contributed by atoms with Crippen LogP contribution in [0.4, 0.5) is 0 Å². The fourth-order valence-corrected chi connectivity index (χ4v) is 6.09. The highest BCUT2D eigenvalue weighted by atomic mass is 16.5. The van der Waals surface area contributed by atoms with Gasteiger partial charge in [0, 0.05) is 12.8 Å². The zero-order valence-electron chi connectivity index (χ0n) is 33.5. The van der Waals surface area contributed by atoms with E-state index in [-0.39, 0.29) is 11.9 Å². The summed E-state index contributed by atoms with van der Waals surface area (Å²) in [6.45, 7) is 10.00. The van der Waals surface area contributed by atoms with Crippen LogP contribution in [0.3, 0.4) is 0 Å². The summed E-state index contributed by atoms with van der Waals surface area (Å²) < 4.78 is 10.3. The fraction of sp³-hybridized carbons (Fsp3) is 0.955. The summed E-state index contributed by atoms with van der Waals surface area (Å²) in [6.07, 6.45) is 46.2. The van der Waals surface area contributed by atoms with Crippen LogP contribution in [0.5, 0.6) is 0 Å². The predicted octanol–water partition coefficient (Wildman–Crippen LogP) is 15.2. The maximum atomic E-state index is 11.4. The summed E-state index contributed by atoms with van der Waals surface area (Å²) in [4.78, 5) is 22.9. The van der Waals surface area contributed by atoms with Crippen LogP contribution in [0.1, 0.15) is 259 Å². The first kappa shape index (κ1) is 49.1. The second kappa shape index (κ2) is 45.9. The molecule has 0 atom stereocenters. The minimum absolute atomic E-state index is 0.00172. The Hall–Kier alpha value is -1.06. The van der Waals surface area contributed by atoms with Crippen molar-refractivity contribution in [3.05, 3.63) is 0 Å². The standard InChI is InChI=1S/2C22H44O2/c2*1-3-5-7-8-9-10-11-12-13-14-15-16-17-18-19-20-22(23)24-21-6-4-2/h2*3-21H2,1-2H3. The second-order valence-electron chi connectivity index (χ2n) is 14.5. The molecular weight excluding hydrogens is 592 g/mol. The van der Waals surface area contributed by atoms with Gasteiger partial charge in [-0.2, -0.15) is 0 Å². The third-order valence-corrected chi connectivity index (χ3v) is 9.49. The summed E-state index contributed by atoms with van der Waals surface area (Å²) in [5.41, 5.74) is 0. The van der Waals surface area contributed by atoms with E-state index >= 15 is 0 Å². The number of hydrogen-bond donors (Lipinski definition) is 0. The monoisotopic (exact) mass is 681 g/mol. The van der Waals surface area contributed by atoms with Crippen molar-refractivity contribution in [1.29, 1.82) is 0 Å². The Morgan fingerprint density at radius 3 is 0.667 bits per heavy atom. The number of esters is 2. The van der Waals surface area contributed by atoms with Crippen LogP contribution in [-0.2, 0) is 19.1 Å². The molecule has 0 radical (unpaired) electrons. The Balaban J connectivity index is 0. The first-order chi connectivity index (χ1) is 23.6. The number of hydrogen-bond acceptors (Lipinski definition) is 4. The van der Waals surface area contributed by atoms with Gasteiger partial charge in [0.2, 0.25) is 0 Å². The average Bonchev–Trinajstić information content (AvgIpc) is 3.08. The quantitative estimate of drug-likeness (QED) is 0.0481. The first-order valence-corrected chi connectivity index (χ1v) is 21.9. The smallest absolute Gasteiger partial charge is 0.305 e. The molecule has 0 amide bonds. The Morgan fingerprint density at radius 1 is 0.271 bits per heavy atom. The lowest BCUT2D eigenvalue weighted by Gasteiger charge is -2.04. The van der Waals surface area contributed by atoms with Crippen LogP contribution in [0.25, 0.3) is 0 Å². The Bertz CT molecular complexity index is 553. The van der Waals surface area contributed by atoms with E-state index in [0.717, 1.165) is 38.5 Å². The normalized spacial score (nSPS) is 10.9. The molecule has 48 heavy (non-hydrogen) atoms. The Morgan fingerprint density at radius 2 is 0.458 bits per heavy atom. The number of unbranched alkanes of at least 4 members (excludes halogenated alkanes) is 30. The van der Waals surface area contributed by atoms with Crippen LogP contribution in [-0.4, -0.2) is 25.2 Å². The number of ether oxygens (including phenoxy) is 2. The molecule has 0 fully saturated rings. The van der Waals surface area contributed by atoms with Crippen molar-refractivity contribution in [1.82, 2.24) is 0 Å². The molecule has 0 spiro atoms. The number of carbonyl (C=O) groups excluding carboxylic acids is 2. The SMILES string of the molecule is CCCCCCCCCCCCCCCCCC(=O)OCCCC.CCCCCCCCCCCCCCCCCC(=O)OCCCC. The molecule has 0 aliphatic heterocycles. The van der Waals surface area contributed by atoms with Crippen LogP contribution in [0.2, 0.25) is 0 Å². The molecule has 0 aliphatic rings. The summed E-state index contributed by atoms with van der Waals surface area (Å²) in [5, 5.41) is 0. The maximum Gasteiger partial charge on any atom is 0.305 e. The minimum Gasteiger partial charge on any atom is -0.466 e. The molecule has 288 valence electrons. The van der Waals surface area contributed by atoms with Crippen LogP contribution < -0.4 is 0 Å². The molecule has 0 aromatic carbocycles. The van der Waals surface area contributed by atoms with Crippen molar-refractivity contribution < 1.29 is 19.1 Å². The van der Waals surface area contributed by atoms with Crippen molar-refractivity contribution in [2.45, 2.75) is 259 Å². The molecule has 4 nitrogen and oxygen atoms in total. The highest BCUT2D eigenvalue weighted by Gasteiger charge is 2.03.